The van der Waals surface area contributed by atoms with Crippen LogP contribution in [0.15, 0.2) is 36.7 Å². The minimum absolute atomic E-state index is 0.725. The Bertz CT molecular complexity index is 438. The van der Waals surface area contributed by atoms with E-state index in [1.165, 1.54) is 0 Å². The van der Waals surface area contributed by atoms with Gasteiger partial charge in [-0.2, -0.15) is 0 Å². The molecule has 2 aromatic heterocycles. The number of hydrogen-bond acceptors (Lipinski definition) is 3. The lowest BCUT2D eigenvalue weighted by Gasteiger charge is -2.03. The molecule has 0 bridgehead atoms. The number of hydrogen-bond donors (Lipinski definition) is 1. The third-order valence-electron chi connectivity index (χ3n) is 2.10. The van der Waals surface area contributed by atoms with Crippen molar-refractivity contribution in [2.24, 2.45) is 0 Å². The van der Waals surface area contributed by atoms with Crippen LogP contribution in [0.5, 0.6) is 0 Å². The molecule has 0 amide bonds. The molecule has 0 fully saturated rings. The maximum Gasteiger partial charge on any atom is 0.0707 e. The summed E-state index contributed by atoms with van der Waals surface area (Å²) in [6, 6.07) is 7.64. The summed E-state index contributed by atoms with van der Waals surface area (Å²) < 4.78 is 0. The predicted octanol–water partition coefficient (Wildman–Crippen LogP) is 2.03. The normalized spacial score (nSPS) is 10.1. The predicted molar refractivity (Wildman–Crippen MR) is 56.6 cm³/mol. The van der Waals surface area contributed by atoms with Crippen molar-refractivity contribution in [1.29, 1.82) is 0 Å². The second kappa shape index (κ2) is 3.46. The molecular formula is C11H11N3. The quantitative estimate of drug-likeness (QED) is 0.739. The number of nitrogens with two attached hydrogens (primary N) is 1. The molecular weight excluding hydrogens is 174 g/mol. The molecule has 0 atom stereocenters. The number of nitrogens with zero attached hydrogens (tertiary/aromatic N) is 2. The van der Waals surface area contributed by atoms with E-state index in [0.29, 0.717) is 0 Å². The van der Waals surface area contributed by atoms with E-state index in [0.717, 1.165) is 22.6 Å². The molecule has 14 heavy (non-hydrogen) atoms. The van der Waals surface area contributed by atoms with Crippen LogP contribution in [0.25, 0.3) is 11.3 Å². The second-order valence-electron chi connectivity index (χ2n) is 3.11. The molecule has 2 N–H and O–H groups in total. The first-order chi connectivity index (χ1) is 6.77. The number of nitrogen functional groups attached to an aromatic ring is 1. The van der Waals surface area contributed by atoms with Crippen molar-refractivity contribution in [2.45, 2.75) is 6.92 Å². The Kier molecular flexibility index (Phi) is 2.14. The number of rotatable bonds is 1. The number of pyridine rings is 2. The fraction of sp³-hybridized carbons (Fsp3) is 0.0909. The maximum absolute atomic E-state index is 5.69. The van der Waals surface area contributed by atoms with Gasteiger partial charge in [-0.25, -0.2) is 0 Å². The molecule has 0 aliphatic heterocycles. The largest absolute Gasteiger partial charge is 0.397 e. The summed E-state index contributed by atoms with van der Waals surface area (Å²) in [6.07, 6.45) is 3.51. The van der Waals surface area contributed by atoms with Crippen LogP contribution in [0, 0.1) is 6.92 Å². The third-order valence-corrected chi connectivity index (χ3v) is 2.10. The van der Waals surface area contributed by atoms with Gasteiger partial charge < -0.3 is 5.73 Å². The average Bonchev–Trinajstić information content (AvgIpc) is 2.23. The zero-order valence-corrected chi connectivity index (χ0v) is 7.94. The van der Waals surface area contributed by atoms with Crippen LogP contribution in [0.3, 0.4) is 0 Å². The molecule has 0 aliphatic rings. The molecule has 70 valence electrons. The van der Waals surface area contributed by atoms with Crippen molar-refractivity contribution in [3.05, 3.63) is 42.4 Å². The van der Waals surface area contributed by atoms with Crippen molar-refractivity contribution in [3.63, 3.8) is 0 Å². The Labute approximate surface area is 82.6 Å². The van der Waals surface area contributed by atoms with Gasteiger partial charge in [-0.1, -0.05) is 0 Å². The molecule has 0 unspecified atom stereocenters. The number of anilines is 1. The van der Waals surface area contributed by atoms with Gasteiger partial charge in [0, 0.05) is 18.0 Å². The monoisotopic (exact) mass is 185 g/mol. The molecule has 0 aliphatic carbocycles. The van der Waals surface area contributed by atoms with E-state index in [4.69, 9.17) is 5.73 Å². The van der Waals surface area contributed by atoms with Gasteiger partial charge in [-0.3, -0.25) is 9.97 Å². The van der Waals surface area contributed by atoms with E-state index >= 15 is 0 Å². The molecule has 0 aromatic carbocycles. The fourth-order valence-electron chi connectivity index (χ4n) is 1.26. The van der Waals surface area contributed by atoms with Crippen molar-refractivity contribution in [3.8, 4) is 11.3 Å². The molecule has 2 rings (SSSR count). The lowest BCUT2D eigenvalue weighted by Crippen LogP contribution is -1.94. The van der Waals surface area contributed by atoms with Gasteiger partial charge in [-0.05, 0) is 31.2 Å². The average molecular weight is 185 g/mol. The minimum Gasteiger partial charge on any atom is -0.397 e. The van der Waals surface area contributed by atoms with E-state index in [1.54, 1.807) is 12.4 Å². The first kappa shape index (κ1) is 8.69. The Morgan fingerprint density at radius 3 is 2.43 bits per heavy atom. The molecule has 2 aromatic rings. The first-order valence-electron chi connectivity index (χ1n) is 4.41. The highest BCUT2D eigenvalue weighted by molar-refractivity contribution is 5.61. The summed E-state index contributed by atoms with van der Waals surface area (Å²) in [5.74, 6) is 0. The van der Waals surface area contributed by atoms with Gasteiger partial charge in [0.1, 0.15) is 0 Å². The van der Waals surface area contributed by atoms with Gasteiger partial charge in [0.2, 0.25) is 0 Å². The highest BCUT2D eigenvalue weighted by Crippen LogP contribution is 2.18. The molecule has 0 spiro atoms. The summed E-state index contributed by atoms with van der Waals surface area (Å²) in [5.41, 5.74) is 9.27. The van der Waals surface area contributed by atoms with Gasteiger partial charge in [-0.15, -0.1) is 0 Å². The summed E-state index contributed by atoms with van der Waals surface area (Å²) in [7, 11) is 0. The van der Waals surface area contributed by atoms with E-state index in [-0.39, 0.29) is 0 Å². The third kappa shape index (κ3) is 1.57. The van der Waals surface area contributed by atoms with Crippen LogP contribution in [-0.4, -0.2) is 9.97 Å². The lowest BCUT2D eigenvalue weighted by molar-refractivity contribution is 1.20. The van der Waals surface area contributed by atoms with Gasteiger partial charge in [0.25, 0.3) is 0 Å². The zero-order chi connectivity index (χ0) is 9.97. The summed E-state index contributed by atoms with van der Waals surface area (Å²) in [5, 5.41) is 0. The highest BCUT2D eigenvalue weighted by Gasteiger charge is 2.00. The Morgan fingerprint density at radius 2 is 1.79 bits per heavy atom. The zero-order valence-electron chi connectivity index (χ0n) is 7.94. The summed E-state index contributed by atoms with van der Waals surface area (Å²) in [6.45, 7) is 1.90. The first-order valence-corrected chi connectivity index (χ1v) is 4.41. The van der Waals surface area contributed by atoms with Crippen LogP contribution >= 0.6 is 0 Å². The van der Waals surface area contributed by atoms with E-state index in [2.05, 4.69) is 9.97 Å². The van der Waals surface area contributed by atoms with Crippen molar-refractivity contribution in [2.75, 3.05) is 5.73 Å². The molecule has 2 heterocycles. The SMILES string of the molecule is Cc1nc(-c2ccncc2)ccc1N. The number of aromatic nitrogens is 2. The van der Waals surface area contributed by atoms with Crippen molar-refractivity contribution >= 4 is 5.69 Å². The second-order valence-corrected chi connectivity index (χ2v) is 3.11. The number of aryl methyl sites for hydroxylation is 1. The Morgan fingerprint density at radius 1 is 1.07 bits per heavy atom. The fourth-order valence-corrected chi connectivity index (χ4v) is 1.26. The van der Waals surface area contributed by atoms with Gasteiger partial charge in [0.05, 0.1) is 17.1 Å². The lowest BCUT2D eigenvalue weighted by atomic mass is 10.1. The highest BCUT2D eigenvalue weighted by atomic mass is 14.8. The van der Waals surface area contributed by atoms with Crippen molar-refractivity contribution in [1.82, 2.24) is 9.97 Å². The van der Waals surface area contributed by atoms with Crippen molar-refractivity contribution < 1.29 is 0 Å². The van der Waals surface area contributed by atoms with Crippen LogP contribution in [-0.2, 0) is 0 Å². The topological polar surface area (TPSA) is 51.8 Å². The van der Waals surface area contributed by atoms with Crippen LogP contribution < -0.4 is 5.73 Å². The van der Waals surface area contributed by atoms with Crippen LogP contribution in [0.1, 0.15) is 5.69 Å². The molecule has 0 saturated carbocycles. The van der Waals surface area contributed by atoms with Crippen LogP contribution in [0.2, 0.25) is 0 Å². The van der Waals surface area contributed by atoms with E-state index in [9.17, 15) is 0 Å². The summed E-state index contributed by atoms with van der Waals surface area (Å²) in [4.78, 5) is 8.35. The molecule has 0 saturated heterocycles. The van der Waals surface area contributed by atoms with Gasteiger partial charge in [0.15, 0.2) is 0 Å². The Balaban J connectivity index is 2.48. The minimum atomic E-state index is 0.725. The van der Waals surface area contributed by atoms with Crippen LogP contribution in [0.4, 0.5) is 5.69 Å². The van der Waals surface area contributed by atoms with E-state index < -0.39 is 0 Å². The summed E-state index contributed by atoms with van der Waals surface area (Å²) >= 11 is 0. The smallest absolute Gasteiger partial charge is 0.0707 e. The van der Waals surface area contributed by atoms with E-state index in [1.807, 2.05) is 31.2 Å². The Hall–Kier alpha value is -1.90. The molecule has 3 heteroatoms. The molecule has 0 radical (unpaired) electrons. The molecule has 3 nitrogen and oxygen atoms in total. The standard InChI is InChI=1S/C11H11N3/c1-8-10(12)2-3-11(14-8)9-4-6-13-7-5-9/h2-7H,12H2,1H3. The van der Waals surface area contributed by atoms with Gasteiger partial charge >= 0.3 is 0 Å². The maximum atomic E-state index is 5.69.